The molecule has 0 aliphatic carbocycles. The molecule has 0 aromatic carbocycles. The predicted octanol–water partition coefficient (Wildman–Crippen LogP) is 2.11. The third-order valence-electron chi connectivity index (χ3n) is 1.12. The van der Waals surface area contributed by atoms with Crippen LogP contribution in [-0.2, 0) is 9.53 Å². The van der Waals surface area contributed by atoms with Crippen LogP contribution in [0.25, 0.3) is 0 Å². The molecule has 0 saturated carbocycles. The summed E-state index contributed by atoms with van der Waals surface area (Å²) in [5, 5.41) is 0.854. The van der Waals surface area contributed by atoms with Gasteiger partial charge < -0.3 is 4.74 Å². The van der Waals surface area contributed by atoms with Gasteiger partial charge in [0.25, 0.3) is 0 Å². The molecule has 0 amide bonds. The number of rotatable bonds is 3. The Morgan fingerprint density at radius 2 is 2.10 bits per heavy atom. The normalized spacial score (nSPS) is 11.2. The van der Waals surface area contributed by atoms with Gasteiger partial charge in [0.05, 0.1) is 0 Å². The predicted molar refractivity (Wildman–Crippen MR) is 44.3 cm³/mol. The van der Waals surface area contributed by atoms with E-state index >= 15 is 0 Å². The van der Waals surface area contributed by atoms with Gasteiger partial charge in [0, 0.05) is 12.3 Å². The molecular weight excluding hydrogens is 196 g/mol. The van der Waals surface area contributed by atoms with Gasteiger partial charge >= 0.3 is 5.97 Å². The molecule has 0 spiro atoms. The summed E-state index contributed by atoms with van der Waals surface area (Å²) >= 11 is 3.28. The monoisotopic (exact) mass is 208 g/mol. The lowest BCUT2D eigenvalue weighted by Gasteiger charge is -2.22. The molecule has 10 heavy (non-hydrogen) atoms. The topological polar surface area (TPSA) is 26.3 Å². The largest absolute Gasteiger partial charge is 0.460 e. The van der Waals surface area contributed by atoms with Crippen molar-refractivity contribution >= 4 is 21.9 Å². The molecule has 0 unspecified atom stereocenters. The number of carbonyl (C=O) groups is 1. The van der Waals surface area contributed by atoms with E-state index in [1.165, 1.54) is 6.92 Å². The summed E-state index contributed by atoms with van der Waals surface area (Å²) in [5.41, 5.74) is -0.324. The standard InChI is InChI=1S/C7H13BrO2/c1-6(9)10-7(2,3)4-5-8/h4-5H2,1-3H3. The van der Waals surface area contributed by atoms with Crippen LogP contribution in [0.3, 0.4) is 0 Å². The van der Waals surface area contributed by atoms with Crippen molar-refractivity contribution in [3.8, 4) is 0 Å². The Morgan fingerprint density at radius 1 is 1.60 bits per heavy atom. The first-order chi connectivity index (χ1) is 4.48. The van der Waals surface area contributed by atoms with Gasteiger partial charge in [0.15, 0.2) is 0 Å². The van der Waals surface area contributed by atoms with Gasteiger partial charge in [-0.2, -0.15) is 0 Å². The molecule has 60 valence electrons. The van der Waals surface area contributed by atoms with Gasteiger partial charge in [0.2, 0.25) is 0 Å². The van der Waals surface area contributed by atoms with Crippen LogP contribution in [0.2, 0.25) is 0 Å². The van der Waals surface area contributed by atoms with Crippen molar-refractivity contribution in [3.63, 3.8) is 0 Å². The zero-order chi connectivity index (χ0) is 8.20. The number of hydrogen-bond donors (Lipinski definition) is 0. The van der Waals surface area contributed by atoms with Gasteiger partial charge in [-0.05, 0) is 20.3 Å². The lowest BCUT2D eigenvalue weighted by Crippen LogP contribution is -2.27. The second kappa shape index (κ2) is 3.96. The summed E-state index contributed by atoms with van der Waals surface area (Å²) in [7, 11) is 0. The number of carbonyl (C=O) groups excluding carboxylic acids is 1. The van der Waals surface area contributed by atoms with E-state index in [0.717, 1.165) is 11.8 Å². The fourth-order valence-electron chi connectivity index (χ4n) is 0.668. The fourth-order valence-corrected chi connectivity index (χ4v) is 1.62. The number of hydrogen-bond acceptors (Lipinski definition) is 2. The number of esters is 1. The van der Waals surface area contributed by atoms with Crippen molar-refractivity contribution in [2.24, 2.45) is 0 Å². The number of ether oxygens (including phenoxy) is 1. The van der Waals surface area contributed by atoms with Gasteiger partial charge in [-0.15, -0.1) is 0 Å². The number of alkyl halides is 1. The van der Waals surface area contributed by atoms with E-state index in [1.54, 1.807) is 0 Å². The van der Waals surface area contributed by atoms with E-state index in [1.807, 2.05) is 13.8 Å². The molecule has 0 saturated heterocycles. The first kappa shape index (κ1) is 9.95. The molecule has 3 heteroatoms. The summed E-state index contributed by atoms with van der Waals surface area (Å²) < 4.78 is 5.01. The molecule has 0 atom stereocenters. The molecule has 0 rings (SSSR count). The van der Waals surface area contributed by atoms with Crippen molar-refractivity contribution in [2.45, 2.75) is 32.8 Å². The van der Waals surface area contributed by atoms with Crippen LogP contribution in [0.5, 0.6) is 0 Å². The van der Waals surface area contributed by atoms with Crippen LogP contribution < -0.4 is 0 Å². The molecular formula is C7H13BrO2. The lowest BCUT2D eigenvalue weighted by molar-refractivity contribution is -0.153. The fraction of sp³-hybridized carbons (Fsp3) is 0.857. The first-order valence-corrected chi connectivity index (χ1v) is 4.35. The SMILES string of the molecule is CC(=O)OC(C)(C)CCBr. The summed E-state index contributed by atoms with van der Waals surface area (Å²) in [6.07, 6.45) is 0.840. The van der Waals surface area contributed by atoms with E-state index in [2.05, 4.69) is 15.9 Å². The van der Waals surface area contributed by atoms with Crippen molar-refractivity contribution in [1.29, 1.82) is 0 Å². The Kier molecular flexibility index (Phi) is 3.94. The van der Waals surface area contributed by atoms with Gasteiger partial charge in [-0.25, -0.2) is 0 Å². The zero-order valence-corrected chi connectivity index (χ0v) is 8.19. The highest BCUT2D eigenvalue weighted by Gasteiger charge is 2.19. The molecule has 0 N–H and O–H groups in total. The molecule has 2 nitrogen and oxygen atoms in total. The molecule has 0 aromatic heterocycles. The molecule has 0 radical (unpaired) electrons. The Labute approximate surface area is 70.1 Å². The Hall–Kier alpha value is -0.0500. The van der Waals surface area contributed by atoms with Crippen LogP contribution in [0.4, 0.5) is 0 Å². The third-order valence-corrected chi connectivity index (χ3v) is 1.51. The minimum atomic E-state index is -0.324. The molecule has 0 heterocycles. The molecule has 0 fully saturated rings. The third kappa shape index (κ3) is 4.79. The average Bonchev–Trinajstić information content (AvgIpc) is 1.59. The van der Waals surface area contributed by atoms with Crippen LogP contribution >= 0.6 is 15.9 Å². The van der Waals surface area contributed by atoms with E-state index in [-0.39, 0.29) is 11.6 Å². The second-order valence-electron chi connectivity index (χ2n) is 2.79. The molecule has 0 aliphatic rings. The minimum Gasteiger partial charge on any atom is -0.460 e. The zero-order valence-electron chi connectivity index (χ0n) is 6.61. The summed E-state index contributed by atoms with van der Waals surface area (Å²) in [6, 6.07) is 0. The Balaban J connectivity index is 3.74. The summed E-state index contributed by atoms with van der Waals surface area (Å²) in [5.74, 6) is -0.217. The quantitative estimate of drug-likeness (QED) is 0.525. The second-order valence-corrected chi connectivity index (χ2v) is 3.59. The van der Waals surface area contributed by atoms with Crippen molar-refractivity contribution < 1.29 is 9.53 Å². The smallest absolute Gasteiger partial charge is 0.303 e. The van der Waals surface area contributed by atoms with Crippen molar-refractivity contribution in [2.75, 3.05) is 5.33 Å². The van der Waals surface area contributed by atoms with Crippen LogP contribution in [0.15, 0.2) is 0 Å². The van der Waals surface area contributed by atoms with E-state index in [9.17, 15) is 4.79 Å². The first-order valence-electron chi connectivity index (χ1n) is 3.23. The maximum atomic E-state index is 10.5. The van der Waals surface area contributed by atoms with Crippen LogP contribution in [0.1, 0.15) is 27.2 Å². The highest BCUT2D eigenvalue weighted by atomic mass is 79.9. The van der Waals surface area contributed by atoms with Crippen LogP contribution in [0, 0.1) is 0 Å². The molecule has 0 bridgehead atoms. The lowest BCUT2D eigenvalue weighted by atomic mass is 10.1. The van der Waals surface area contributed by atoms with Gasteiger partial charge in [0.1, 0.15) is 5.60 Å². The molecule has 0 aromatic rings. The summed E-state index contributed by atoms with van der Waals surface area (Å²) in [6.45, 7) is 5.22. The van der Waals surface area contributed by atoms with E-state index in [4.69, 9.17) is 4.74 Å². The highest BCUT2D eigenvalue weighted by molar-refractivity contribution is 9.09. The minimum absolute atomic E-state index is 0.217. The number of halogens is 1. The van der Waals surface area contributed by atoms with Crippen molar-refractivity contribution in [1.82, 2.24) is 0 Å². The average molecular weight is 209 g/mol. The molecule has 0 aliphatic heterocycles. The summed E-state index contributed by atoms with van der Waals surface area (Å²) in [4.78, 5) is 10.5. The Bertz CT molecular complexity index is 121. The maximum absolute atomic E-state index is 10.5. The Morgan fingerprint density at radius 3 is 2.40 bits per heavy atom. The van der Waals surface area contributed by atoms with Crippen LogP contribution in [-0.4, -0.2) is 16.9 Å². The van der Waals surface area contributed by atoms with Crippen molar-refractivity contribution in [3.05, 3.63) is 0 Å². The maximum Gasteiger partial charge on any atom is 0.303 e. The van der Waals surface area contributed by atoms with Gasteiger partial charge in [-0.1, -0.05) is 15.9 Å². The van der Waals surface area contributed by atoms with Gasteiger partial charge in [-0.3, -0.25) is 4.79 Å². The highest BCUT2D eigenvalue weighted by Crippen LogP contribution is 2.15. The van der Waals surface area contributed by atoms with E-state index < -0.39 is 0 Å². The van der Waals surface area contributed by atoms with E-state index in [0.29, 0.717) is 0 Å².